The molecule has 0 bridgehead atoms. The number of hydrogen-bond acceptors (Lipinski definition) is 6. The van der Waals surface area contributed by atoms with Gasteiger partial charge in [0.1, 0.15) is 0 Å². The number of carbonyl (C=O) groups is 1. The van der Waals surface area contributed by atoms with Crippen LogP contribution in [-0.4, -0.2) is 26.5 Å². The molecule has 0 spiro atoms. The molecule has 0 aliphatic rings. The minimum atomic E-state index is -3.82. The molecule has 3 rings (SSSR count). The van der Waals surface area contributed by atoms with Crippen molar-refractivity contribution in [2.75, 3.05) is 11.8 Å². The lowest BCUT2D eigenvalue weighted by atomic mass is 10.2. The van der Waals surface area contributed by atoms with Gasteiger partial charge in [-0.15, -0.1) is 11.3 Å². The molecule has 144 valence electrons. The fourth-order valence-corrected chi connectivity index (χ4v) is 4.41. The van der Waals surface area contributed by atoms with Crippen LogP contribution in [0, 0.1) is 11.8 Å². The van der Waals surface area contributed by atoms with E-state index in [0.717, 1.165) is 10.2 Å². The number of esters is 1. The zero-order chi connectivity index (χ0) is 20.1. The van der Waals surface area contributed by atoms with Crippen molar-refractivity contribution < 1.29 is 17.9 Å². The highest BCUT2D eigenvalue weighted by Gasteiger charge is 2.17. The Hall–Kier alpha value is -2.60. The van der Waals surface area contributed by atoms with Crippen molar-refractivity contribution in [3.05, 3.63) is 52.5 Å². The van der Waals surface area contributed by atoms with Crippen LogP contribution in [0.5, 0.6) is 0 Å². The number of thiazole rings is 1. The number of fused-ring (bicyclic) bond motifs is 1. The van der Waals surface area contributed by atoms with E-state index < -0.39 is 10.0 Å². The summed E-state index contributed by atoms with van der Waals surface area (Å²) in [5.74, 6) is 5.32. The molecular weight excluding hydrogens is 420 g/mol. The first-order valence-electron chi connectivity index (χ1n) is 8.10. The van der Waals surface area contributed by atoms with Crippen LogP contribution in [0.4, 0.5) is 5.69 Å². The highest BCUT2D eigenvalue weighted by Crippen LogP contribution is 2.26. The van der Waals surface area contributed by atoms with Crippen LogP contribution in [0.15, 0.2) is 46.8 Å². The number of carbonyl (C=O) groups excluding carboxylic acids is 1. The largest absolute Gasteiger partial charge is 0.469 e. The SMILES string of the molecule is COC(=O)CCC#Cc1cc(Cl)ccc1NS(=O)(=O)c1ccc2ncsc2c1. The zero-order valence-corrected chi connectivity index (χ0v) is 17.1. The molecule has 0 amide bonds. The van der Waals surface area contributed by atoms with Gasteiger partial charge in [0, 0.05) is 11.4 Å². The third-order valence-electron chi connectivity index (χ3n) is 3.74. The maximum Gasteiger partial charge on any atom is 0.306 e. The summed E-state index contributed by atoms with van der Waals surface area (Å²) in [5, 5.41) is 0.422. The first kappa shape index (κ1) is 20.1. The van der Waals surface area contributed by atoms with Crippen molar-refractivity contribution in [2.24, 2.45) is 0 Å². The van der Waals surface area contributed by atoms with Crippen LogP contribution < -0.4 is 4.72 Å². The van der Waals surface area contributed by atoms with Gasteiger partial charge in [0.25, 0.3) is 10.0 Å². The lowest BCUT2D eigenvalue weighted by Crippen LogP contribution is -2.13. The summed E-state index contributed by atoms with van der Waals surface area (Å²) in [6, 6.07) is 9.43. The van der Waals surface area contributed by atoms with E-state index in [9.17, 15) is 13.2 Å². The molecule has 0 radical (unpaired) electrons. The van der Waals surface area contributed by atoms with Crippen molar-refractivity contribution in [1.29, 1.82) is 0 Å². The molecule has 1 N–H and O–H groups in total. The van der Waals surface area contributed by atoms with Gasteiger partial charge >= 0.3 is 5.97 Å². The molecule has 1 aromatic heterocycles. The van der Waals surface area contributed by atoms with Gasteiger partial charge < -0.3 is 4.74 Å². The van der Waals surface area contributed by atoms with Gasteiger partial charge in [0.15, 0.2) is 0 Å². The van der Waals surface area contributed by atoms with E-state index in [1.54, 1.807) is 35.8 Å². The highest BCUT2D eigenvalue weighted by molar-refractivity contribution is 7.92. The third kappa shape index (κ3) is 4.81. The molecule has 0 unspecified atom stereocenters. The van der Waals surface area contributed by atoms with E-state index in [-0.39, 0.29) is 23.7 Å². The molecule has 9 heteroatoms. The third-order valence-corrected chi connectivity index (χ3v) is 6.13. The Bertz CT molecular complexity index is 1190. The summed E-state index contributed by atoms with van der Waals surface area (Å²) in [6.07, 6.45) is 0.438. The number of nitrogens with zero attached hydrogens (tertiary/aromatic N) is 1. The average molecular weight is 435 g/mol. The van der Waals surface area contributed by atoms with E-state index in [0.29, 0.717) is 16.3 Å². The molecule has 28 heavy (non-hydrogen) atoms. The maximum atomic E-state index is 12.8. The zero-order valence-electron chi connectivity index (χ0n) is 14.7. The van der Waals surface area contributed by atoms with Gasteiger partial charge in [0.2, 0.25) is 0 Å². The van der Waals surface area contributed by atoms with Crippen LogP contribution in [-0.2, 0) is 19.6 Å². The summed E-state index contributed by atoms with van der Waals surface area (Å²) >= 11 is 7.38. The summed E-state index contributed by atoms with van der Waals surface area (Å²) in [4.78, 5) is 15.4. The summed E-state index contributed by atoms with van der Waals surface area (Å²) in [5.41, 5.74) is 3.13. The molecule has 0 saturated carbocycles. The molecule has 6 nitrogen and oxygen atoms in total. The Kier molecular flexibility index (Phi) is 6.19. The summed E-state index contributed by atoms with van der Waals surface area (Å²) in [7, 11) is -2.51. The lowest BCUT2D eigenvalue weighted by Gasteiger charge is -2.10. The van der Waals surface area contributed by atoms with Crippen molar-refractivity contribution in [3.8, 4) is 11.8 Å². The van der Waals surface area contributed by atoms with E-state index >= 15 is 0 Å². The molecule has 3 aromatic rings. The van der Waals surface area contributed by atoms with Gasteiger partial charge in [-0.05, 0) is 36.4 Å². The monoisotopic (exact) mass is 434 g/mol. The first-order chi connectivity index (χ1) is 13.4. The van der Waals surface area contributed by atoms with Crippen LogP contribution in [0.2, 0.25) is 5.02 Å². The van der Waals surface area contributed by atoms with Gasteiger partial charge in [-0.2, -0.15) is 0 Å². The smallest absolute Gasteiger partial charge is 0.306 e. The lowest BCUT2D eigenvalue weighted by molar-refractivity contribution is -0.140. The number of nitrogens with one attached hydrogen (secondary N) is 1. The number of rotatable bonds is 5. The fourth-order valence-electron chi connectivity index (χ4n) is 2.34. The van der Waals surface area contributed by atoms with Crippen LogP contribution in [0.25, 0.3) is 10.2 Å². The number of anilines is 1. The number of halogens is 1. The minimum absolute atomic E-state index is 0.129. The Labute approximate surface area is 171 Å². The number of hydrogen-bond donors (Lipinski definition) is 1. The predicted octanol–water partition coefficient (Wildman–Crippen LogP) is 4.06. The molecule has 0 aliphatic heterocycles. The summed E-state index contributed by atoms with van der Waals surface area (Å²) < 4.78 is 33.5. The van der Waals surface area contributed by atoms with Gasteiger partial charge in [0.05, 0.1) is 45.4 Å². The topological polar surface area (TPSA) is 85.4 Å². The van der Waals surface area contributed by atoms with Crippen LogP contribution in [0.3, 0.4) is 0 Å². The van der Waals surface area contributed by atoms with E-state index in [4.69, 9.17) is 11.6 Å². The number of methoxy groups -OCH3 is 1. The Morgan fingerprint density at radius 3 is 2.89 bits per heavy atom. The van der Waals surface area contributed by atoms with E-state index in [1.807, 2.05) is 0 Å². The van der Waals surface area contributed by atoms with E-state index in [1.165, 1.54) is 24.5 Å². The van der Waals surface area contributed by atoms with Crippen LogP contribution in [0.1, 0.15) is 18.4 Å². The van der Waals surface area contributed by atoms with Crippen molar-refractivity contribution in [1.82, 2.24) is 4.98 Å². The number of aromatic nitrogens is 1. The molecule has 0 aliphatic carbocycles. The van der Waals surface area contributed by atoms with Crippen molar-refractivity contribution >= 4 is 54.8 Å². The Balaban J connectivity index is 1.86. The molecule has 0 fully saturated rings. The van der Waals surface area contributed by atoms with Gasteiger partial charge in [-0.1, -0.05) is 23.4 Å². The maximum absolute atomic E-state index is 12.8. The molecule has 0 saturated heterocycles. The second-order valence-electron chi connectivity index (χ2n) is 5.66. The average Bonchev–Trinajstić information content (AvgIpc) is 3.14. The Morgan fingerprint density at radius 1 is 1.29 bits per heavy atom. The minimum Gasteiger partial charge on any atom is -0.469 e. The van der Waals surface area contributed by atoms with E-state index in [2.05, 4.69) is 26.3 Å². The fraction of sp³-hybridized carbons (Fsp3) is 0.158. The number of benzene rings is 2. The molecule has 2 aromatic carbocycles. The summed E-state index contributed by atoms with van der Waals surface area (Å²) in [6.45, 7) is 0. The van der Waals surface area contributed by atoms with Crippen molar-refractivity contribution in [2.45, 2.75) is 17.7 Å². The highest BCUT2D eigenvalue weighted by atomic mass is 35.5. The molecule has 1 heterocycles. The second kappa shape index (κ2) is 8.61. The van der Waals surface area contributed by atoms with Gasteiger partial charge in [-0.3, -0.25) is 9.52 Å². The molecular formula is C19H15ClN2O4S2. The number of sulfonamides is 1. The van der Waals surface area contributed by atoms with Crippen LogP contribution >= 0.6 is 22.9 Å². The van der Waals surface area contributed by atoms with Gasteiger partial charge in [-0.25, -0.2) is 13.4 Å². The number of ether oxygens (including phenoxy) is 1. The standard InChI is InChI=1S/C19H15ClN2O4S2/c1-26-19(23)5-3-2-4-13-10-14(20)6-8-16(13)22-28(24,25)15-7-9-17-18(11-15)27-12-21-17/h6-12,22H,3,5H2,1H3. The normalized spacial score (nSPS) is 10.9. The quantitative estimate of drug-likeness (QED) is 0.483. The Morgan fingerprint density at radius 2 is 2.11 bits per heavy atom. The predicted molar refractivity (Wildman–Crippen MR) is 110 cm³/mol. The van der Waals surface area contributed by atoms with Crippen molar-refractivity contribution in [3.63, 3.8) is 0 Å². The first-order valence-corrected chi connectivity index (χ1v) is 10.8. The second-order valence-corrected chi connectivity index (χ2v) is 8.66. The molecule has 0 atom stereocenters.